The zero-order valence-electron chi connectivity index (χ0n) is 5.87. The lowest BCUT2D eigenvalue weighted by atomic mass is 10.5. The summed E-state index contributed by atoms with van der Waals surface area (Å²) in [5, 5.41) is 8.24. The Morgan fingerprint density at radius 3 is 2.50 bits per heavy atom. The van der Waals surface area contributed by atoms with Crippen molar-refractivity contribution in [1.29, 1.82) is 0 Å². The van der Waals surface area contributed by atoms with Crippen molar-refractivity contribution in [3.63, 3.8) is 0 Å². The number of carboxylic acid groups (broad SMARTS) is 1. The van der Waals surface area contributed by atoms with Gasteiger partial charge >= 0.3 is 5.97 Å². The van der Waals surface area contributed by atoms with Crippen molar-refractivity contribution in [3.8, 4) is 0 Å². The van der Waals surface area contributed by atoms with Crippen LogP contribution in [0.15, 0.2) is 12.3 Å². The van der Waals surface area contributed by atoms with E-state index in [-0.39, 0.29) is 4.88 Å². The summed E-state index contributed by atoms with van der Waals surface area (Å²) in [7, 11) is 0. The molecule has 0 spiro atoms. The predicted molar refractivity (Wildman–Crippen MR) is 40.4 cm³/mol. The van der Waals surface area contributed by atoms with Crippen LogP contribution in [-0.2, 0) is 0 Å². The van der Waals surface area contributed by atoms with E-state index >= 15 is 0 Å². The fourth-order valence-electron chi connectivity index (χ4n) is 0.326. The maximum absolute atomic E-state index is 10.0. The summed E-state index contributed by atoms with van der Waals surface area (Å²) in [4.78, 5) is 10.3. The highest BCUT2D eigenvalue weighted by Gasteiger charge is 2.00. The summed E-state index contributed by atoms with van der Waals surface area (Å²) in [5.41, 5.74) is 0. The smallest absolute Gasteiger partial charge is 0.347 e. The van der Waals surface area contributed by atoms with Gasteiger partial charge in [0.15, 0.2) is 0 Å². The molecule has 1 rings (SSSR count). The van der Waals surface area contributed by atoms with Gasteiger partial charge in [-0.1, -0.05) is 13.8 Å². The first-order valence-corrected chi connectivity index (χ1v) is 3.72. The van der Waals surface area contributed by atoms with Crippen LogP contribution >= 0.6 is 11.5 Å². The van der Waals surface area contributed by atoms with Gasteiger partial charge in [-0.3, -0.25) is 0 Å². The van der Waals surface area contributed by atoms with Crippen LogP contribution in [0.2, 0.25) is 0 Å². The third-order valence-electron chi connectivity index (χ3n) is 0.649. The van der Waals surface area contributed by atoms with E-state index in [4.69, 9.17) is 5.11 Å². The number of hydrogen-bond acceptors (Lipinski definition) is 3. The fourth-order valence-corrected chi connectivity index (χ4v) is 0.761. The molecule has 56 valence electrons. The van der Waals surface area contributed by atoms with E-state index in [0.717, 1.165) is 11.5 Å². The Kier molecular flexibility index (Phi) is 4.49. The zero-order valence-corrected chi connectivity index (χ0v) is 6.68. The van der Waals surface area contributed by atoms with Gasteiger partial charge in [-0.15, -0.1) is 0 Å². The molecule has 0 aromatic carbocycles. The van der Waals surface area contributed by atoms with Crippen LogP contribution in [0.4, 0.5) is 0 Å². The van der Waals surface area contributed by atoms with Gasteiger partial charge in [0, 0.05) is 6.20 Å². The number of hydrogen-bond donors (Lipinski definition) is 1. The van der Waals surface area contributed by atoms with E-state index < -0.39 is 5.97 Å². The minimum atomic E-state index is -0.910. The third-order valence-corrected chi connectivity index (χ3v) is 1.38. The van der Waals surface area contributed by atoms with Crippen molar-refractivity contribution in [2.75, 3.05) is 0 Å². The molecule has 0 aliphatic carbocycles. The monoisotopic (exact) mass is 159 g/mol. The van der Waals surface area contributed by atoms with Crippen LogP contribution < -0.4 is 0 Å². The Bertz CT molecular complexity index is 184. The number of carboxylic acids is 1. The second-order valence-electron chi connectivity index (χ2n) is 1.18. The van der Waals surface area contributed by atoms with Gasteiger partial charge in [0.2, 0.25) is 0 Å². The molecule has 0 unspecified atom stereocenters. The lowest BCUT2D eigenvalue weighted by Gasteiger charge is -1.76. The molecule has 1 heterocycles. The zero-order chi connectivity index (χ0) is 7.98. The van der Waals surface area contributed by atoms with Gasteiger partial charge in [-0.2, -0.15) is 0 Å². The molecule has 0 saturated carbocycles. The molecule has 0 fully saturated rings. The molecule has 3 nitrogen and oxygen atoms in total. The first-order valence-electron chi connectivity index (χ1n) is 2.94. The number of aromatic nitrogens is 1. The van der Waals surface area contributed by atoms with Gasteiger partial charge < -0.3 is 5.11 Å². The summed E-state index contributed by atoms with van der Waals surface area (Å²) in [6.07, 6.45) is 1.47. The molecule has 1 aromatic heterocycles. The quantitative estimate of drug-likeness (QED) is 0.680. The van der Waals surface area contributed by atoms with E-state index in [1.807, 2.05) is 13.8 Å². The summed E-state index contributed by atoms with van der Waals surface area (Å²) in [6, 6.07) is 1.47. The third kappa shape index (κ3) is 2.59. The van der Waals surface area contributed by atoms with E-state index in [0.29, 0.717) is 0 Å². The van der Waals surface area contributed by atoms with Crippen molar-refractivity contribution < 1.29 is 9.90 Å². The second-order valence-corrected chi connectivity index (χ2v) is 2.02. The lowest BCUT2D eigenvalue weighted by molar-refractivity contribution is 0.0702. The van der Waals surface area contributed by atoms with Crippen LogP contribution in [0.3, 0.4) is 0 Å². The van der Waals surface area contributed by atoms with Gasteiger partial charge in [0.05, 0.1) is 0 Å². The van der Waals surface area contributed by atoms with Crippen molar-refractivity contribution in [3.05, 3.63) is 17.1 Å². The minimum absolute atomic E-state index is 0.282. The number of rotatable bonds is 1. The first-order chi connectivity index (χ1) is 4.80. The molecule has 0 saturated heterocycles. The summed E-state index contributed by atoms with van der Waals surface area (Å²) >= 11 is 0.981. The highest BCUT2D eigenvalue weighted by atomic mass is 32.1. The summed E-state index contributed by atoms with van der Waals surface area (Å²) in [5.74, 6) is -0.910. The summed E-state index contributed by atoms with van der Waals surface area (Å²) in [6.45, 7) is 4.00. The van der Waals surface area contributed by atoms with Crippen LogP contribution in [-0.4, -0.2) is 15.4 Å². The maximum atomic E-state index is 10.0. The minimum Gasteiger partial charge on any atom is -0.477 e. The Morgan fingerprint density at radius 2 is 2.30 bits per heavy atom. The Hall–Kier alpha value is -0.900. The maximum Gasteiger partial charge on any atom is 0.347 e. The molecule has 0 radical (unpaired) electrons. The van der Waals surface area contributed by atoms with Crippen molar-refractivity contribution in [2.45, 2.75) is 13.8 Å². The van der Waals surface area contributed by atoms with E-state index in [9.17, 15) is 4.79 Å². The number of nitrogens with zero attached hydrogens (tertiary/aromatic N) is 1. The molecule has 1 N–H and O–H groups in total. The molecule has 0 aliphatic heterocycles. The molecule has 0 amide bonds. The molecule has 4 heteroatoms. The van der Waals surface area contributed by atoms with E-state index in [1.54, 1.807) is 0 Å². The average molecular weight is 159 g/mol. The highest BCUT2D eigenvalue weighted by Crippen LogP contribution is 2.02. The van der Waals surface area contributed by atoms with E-state index in [1.165, 1.54) is 12.3 Å². The predicted octanol–water partition coefficient (Wildman–Crippen LogP) is 1.87. The molecular formula is C6H9NO2S. The van der Waals surface area contributed by atoms with Crippen LogP contribution in [0.5, 0.6) is 0 Å². The fraction of sp³-hybridized carbons (Fsp3) is 0.333. The molecule has 0 atom stereocenters. The topological polar surface area (TPSA) is 50.2 Å². The molecule has 10 heavy (non-hydrogen) atoms. The van der Waals surface area contributed by atoms with Crippen LogP contribution in [0.25, 0.3) is 0 Å². The molecule has 0 bridgehead atoms. The van der Waals surface area contributed by atoms with Crippen molar-refractivity contribution in [2.24, 2.45) is 0 Å². The molecule has 1 aromatic rings. The average Bonchev–Trinajstić information content (AvgIpc) is 2.42. The standard InChI is InChI=1S/C4H3NO2S.C2H6/c6-4(7)3-1-2-5-8-3;1-2/h1-2H,(H,6,7);1-2H3. The Balaban J connectivity index is 0.000000371. The van der Waals surface area contributed by atoms with Crippen LogP contribution in [0.1, 0.15) is 23.5 Å². The van der Waals surface area contributed by atoms with E-state index in [2.05, 4.69) is 4.37 Å². The lowest BCUT2D eigenvalue weighted by Crippen LogP contribution is -1.89. The van der Waals surface area contributed by atoms with Crippen LogP contribution in [0, 0.1) is 0 Å². The SMILES string of the molecule is CC.O=C(O)c1ccns1. The number of carbonyl (C=O) groups is 1. The van der Waals surface area contributed by atoms with Gasteiger partial charge in [-0.25, -0.2) is 9.17 Å². The Morgan fingerprint density at radius 1 is 1.70 bits per heavy atom. The number of aromatic carboxylic acids is 1. The first kappa shape index (κ1) is 9.10. The largest absolute Gasteiger partial charge is 0.477 e. The second kappa shape index (κ2) is 4.93. The summed E-state index contributed by atoms with van der Waals surface area (Å²) < 4.78 is 3.60. The highest BCUT2D eigenvalue weighted by molar-refractivity contribution is 7.07. The van der Waals surface area contributed by atoms with Gasteiger partial charge in [0.1, 0.15) is 4.88 Å². The van der Waals surface area contributed by atoms with Gasteiger partial charge in [0.25, 0.3) is 0 Å². The van der Waals surface area contributed by atoms with Crippen molar-refractivity contribution >= 4 is 17.5 Å². The molecular weight excluding hydrogens is 150 g/mol. The Labute approximate surface area is 63.5 Å². The van der Waals surface area contributed by atoms with Crippen molar-refractivity contribution in [1.82, 2.24) is 4.37 Å². The normalized spacial score (nSPS) is 7.80. The van der Waals surface area contributed by atoms with Gasteiger partial charge in [-0.05, 0) is 17.6 Å². The molecule has 0 aliphatic rings.